The Morgan fingerprint density at radius 3 is 2.75 bits per heavy atom. The standard InChI is InChI=1S/C20H32ClN3O3.HI/c1-4-22-20(24-10-9-17(14-24)15-26-12-11-25-3)23-13-16(2)27-19-7-5-18(21)6-8-19;/h5-8,16-17H,4,9-15H2,1-3H3,(H,22,23);1H. The number of nitrogens with zero attached hydrogens (tertiary/aromatic N) is 2. The third kappa shape index (κ3) is 9.15. The highest BCUT2D eigenvalue weighted by Crippen LogP contribution is 2.18. The fourth-order valence-electron chi connectivity index (χ4n) is 2.98. The second-order valence-electron chi connectivity index (χ2n) is 6.75. The summed E-state index contributed by atoms with van der Waals surface area (Å²) in [6, 6.07) is 7.41. The van der Waals surface area contributed by atoms with E-state index < -0.39 is 0 Å². The molecule has 1 N–H and O–H groups in total. The summed E-state index contributed by atoms with van der Waals surface area (Å²) in [6.45, 7) is 9.58. The third-order valence-electron chi connectivity index (χ3n) is 4.35. The van der Waals surface area contributed by atoms with Crippen LogP contribution in [-0.4, -0.2) is 70.1 Å². The second-order valence-corrected chi connectivity index (χ2v) is 7.18. The minimum absolute atomic E-state index is 0. The van der Waals surface area contributed by atoms with Gasteiger partial charge < -0.3 is 24.4 Å². The highest BCUT2D eigenvalue weighted by atomic mass is 127. The van der Waals surface area contributed by atoms with Gasteiger partial charge in [0, 0.05) is 37.7 Å². The number of likely N-dealkylation sites (tertiary alicyclic amines) is 1. The van der Waals surface area contributed by atoms with Crippen molar-refractivity contribution in [2.75, 3.05) is 53.1 Å². The van der Waals surface area contributed by atoms with Gasteiger partial charge in [-0.25, -0.2) is 4.99 Å². The Morgan fingerprint density at radius 2 is 2.07 bits per heavy atom. The molecule has 1 saturated heterocycles. The molecule has 1 fully saturated rings. The molecule has 1 aromatic carbocycles. The number of benzene rings is 1. The van der Waals surface area contributed by atoms with Crippen molar-refractivity contribution in [1.82, 2.24) is 10.2 Å². The van der Waals surface area contributed by atoms with Gasteiger partial charge >= 0.3 is 0 Å². The van der Waals surface area contributed by atoms with Crippen LogP contribution in [0.3, 0.4) is 0 Å². The number of rotatable bonds is 10. The molecule has 2 unspecified atom stereocenters. The average Bonchev–Trinajstić information content (AvgIpc) is 3.13. The molecule has 1 heterocycles. The number of guanidine groups is 1. The first-order valence-corrected chi connectivity index (χ1v) is 10.0. The zero-order valence-corrected chi connectivity index (χ0v) is 20.1. The maximum absolute atomic E-state index is 5.91. The van der Waals surface area contributed by atoms with Crippen LogP contribution < -0.4 is 10.1 Å². The Morgan fingerprint density at radius 1 is 1.32 bits per heavy atom. The Balaban J connectivity index is 0.00000392. The van der Waals surface area contributed by atoms with Crippen LogP contribution in [0.25, 0.3) is 0 Å². The maximum atomic E-state index is 5.91. The molecule has 0 bridgehead atoms. The molecule has 1 aromatic rings. The van der Waals surface area contributed by atoms with E-state index in [0.29, 0.717) is 30.7 Å². The molecule has 1 aliphatic rings. The molecule has 0 spiro atoms. The molecule has 2 atom stereocenters. The lowest BCUT2D eigenvalue weighted by Gasteiger charge is -2.22. The molecule has 28 heavy (non-hydrogen) atoms. The minimum Gasteiger partial charge on any atom is -0.489 e. The van der Waals surface area contributed by atoms with E-state index in [1.165, 1.54) is 0 Å². The van der Waals surface area contributed by atoms with Gasteiger partial charge in [-0.1, -0.05) is 11.6 Å². The molecule has 0 saturated carbocycles. The fourth-order valence-corrected chi connectivity index (χ4v) is 3.10. The summed E-state index contributed by atoms with van der Waals surface area (Å²) < 4.78 is 16.6. The maximum Gasteiger partial charge on any atom is 0.194 e. The van der Waals surface area contributed by atoms with Crippen LogP contribution in [0.4, 0.5) is 0 Å². The van der Waals surface area contributed by atoms with Gasteiger partial charge in [0.1, 0.15) is 11.9 Å². The number of ether oxygens (including phenoxy) is 3. The zero-order chi connectivity index (χ0) is 19.5. The molecular formula is C20H33ClIN3O3. The van der Waals surface area contributed by atoms with Crippen molar-refractivity contribution in [3.63, 3.8) is 0 Å². The SMILES string of the molecule is CCNC(=NCC(C)Oc1ccc(Cl)cc1)N1CCC(COCCOC)C1.I. The average molecular weight is 526 g/mol. The van der Waals surface area contributed by atoms with Crippen molar-refractivity contribution in [1.29, 1.82) is 0 Å². The number of halogens is 2. The van der Waals surface area contributed by atoms with Crippen LogP contribution in [0.1, 0.15) is 20.3 Å². The van der Waals surface area contributed by atoms with E-state index in [4.69, 9.17) is 30.8 Å². The summed E-state index contributed by atoms with van der Waals surface area (Å²) in [4.78, 5) is 7.08. The summed E-state index contributed by atoms with van der Waals surface area (Å²) in [5, 5.41) is 4.10. The first-order chi connectivity index (χ1) is 13.1. The number of aliphatic imine (C=N–C) groups is 1. The number of hydrogen-bond acceptors (Lipinski definition) is 4. The van der Waals surface area contributed by atoms with Gasteiger partial charge in [-0.3, -0.25) is 0 Å². The van der Waals surface area contributed by atoms with Crippen molar-refractivity contribution >= 4 is 41.5 Å². The van der Waals surface area contributed by atoms with Gasteiger partial charge in [0.2, 0.25) is 0 Å². The Bertz CT molecular complexity index is 574. The predicted octanol–water partition coefficient (Wildman–Crippen LogP) is 3.68. The highest BCUT2D eigenvalue weighted by molar-refractivity contribution is 14.0. The minimum atomic E-state index is -0.0180. The summed E-state index contributed by atoms with van der Waals surface area (Å²) in [7, 11) is 1.69. The quantitative estimate of drug-likeness (QED) is 0.219. The third-order valence-corrected chi connectivity index (χ3v) is 4.61. The summed E-state index contributed by atoms with van der Waals surface area (Å²) in [6.07, 6.45) is 1.10. The number of methoxy groups -OCH3 is 1. The van der Waals surface area contributed by atoms with Crippen molar-refractivity contribution in [2.45, 2.75) is 26.4 Å². The lowest BCUT2D eigenvalue weighted by atomic mass is 10.1. The van der Waals surface area contributed by atoms with E-state index in [1.807, 2.05) is 31.2 Å². The summed E-state index contributed by atoms with van der Waals surface area (Å²) in [5.41, 5.74) is 0. The second kappa shape index (κ2) is 14.3. The van der Waals surface area contributed by atoms with Crippen LogP contribution in [0.2, 0.25) is 5.02 Å². The normalized spacial score (nSPS) is 17.9. The molecule has 0 amide bonds. The van der Waals surface area contributed by atoms with E-state index in [0.717, 1.165) is 44.4 Å². The first-order valence-electron chi connectivity index (χ1n) is 9.64. The van der Waals surface area contributed by atoms with Crippen LogP contribution >= 0.6 is 35.6 Å². The van der Waals surface area contributed by atoms with Crippen molar-refractivity contribution < 1.29 is 14.2 Å². The van der Waals surface area contributed by atoms with Crippen molar-refractivity contribution in [3.8, 4) is 5.75 Å². The molecule has 1 aliphatic heterocycles. The first kappa shape index (κ1) is 25.3. The smallest absolute Gasteiger partial charge is 0.194 e. The van der Waals surface area contributed by atoms with Crippen molar-refractivity contribution in [3.05, 3.63) is 29.3 Å². The van der Waals surface area contributed by atoms with Crippen molar-refractivity contribution in [2.24, 2.45) is 10.9 Å². The molecule has 0 radical (unpaired) electrons. The van der Waals surface area contributed by atoms with E-state index in [-0.39, 0.29) is 30.1 Å². The molecule has 160 valence electrons. The van der Waals surface area contributed by atoms with Gasteiger partial charge in [-0.2, -0.15) is 0 Å². The van der Waals surface area contributed by atoms with E-state index in [1.54, 1.807) is 7.11 Å². The zero-order valence-electron chi connectivity index (χ0n) is 17.0. The van der Waals surface area contributed by atoms with E-state index >= 15 is 0 Å². The molecule has 0 aliphatic carbocycles. The number of nitrogens with one attached hydrogen (secondary N) is 1. The molecule has 2 rings (SSSR count). The lowest BCUT2D eigenvalue weighted by molar-refractivity contribution is 0.0536. The lowest BCUT2D eigenvalue weighted by Crippen LogP contribution is -2.41. The predicted molar refractivity (Wildman–Crippen MR) is 125 cm³/mol. The van der Waals surface area contributed by atoms with E-state index in [2.05, 4.69) is 17.1 Å². The van der Waals surface area contributed by atoms with Crippen LogP contribution in [0.5, 0.6) is 5.75 Å². The Hall–Kier alpha value is -0.770. The monoisotopic (exact) mass is 525 g/mol. The van der Waals surface area contributed by atoms with Gasteiger partial charge in [0.15, 0.2) is 5.96 Å². The van der Waals surface area contributed by atoms with Gasteiger partial charge in [0.25, 0.3) is 0 Å². The van der Waals surface area contributed by atoms with Crippen LogP contribution in [-0.2, 0) is 9.47 Å². The van der Waals surface area contributed by atoms with Gasteiger partial charge in [0.05, 0.1) is 26.4 Å². The molecule has 8 heteroatoms. The number of hydrogen-bond donors (Lipinski definition) is 1. The van der Waals surface area contributed by atoms with Crippen LogP contribution in [0.15, 0.2) is 29.3 Å². The molecule has 6 nitrogen and oxygen atoms in total. The topological polar surface area (TPSA) is 55.3 Å². The highest BCUT2D eigenvalue weighted by Gasteiger charge is 2.25. The summed E-state index contributed by atoms with van der Waals surface area (Å²) >= 11 is 5.91. The largest absolute Gasteiger partial charge is 0.489 e. The molecular weight excluding hydrogens is 493 g/mol. The molecule has 0 aromatic heterocycles. The Labute approximate surface area is 191 Å². The van der Waals surface area contributed by atoms with Gasteiger partial charge in [-0.15, -0.1) is 24.0 Å². The fraction of sp³-hybridized carbons (Fsp3) is 0.650. The van der Waals surface area contributed by atoms with E-state index in [9.17, 15) is 0 Å². The van der Waals surface area contributed by atoms with Crippen LogP contribution in [0, 0.1) is 5.92 Å². The van der Waals surface area contributed by atoms with Gasteiger partial charge in [-0.05, 0) is 44.5 Å². The summed E-state index contributed by atoms with van der Waals surface area (Å²) in [5.74, 6) is 2.29. The Kier molecular flexibility index (Phi) is 12.9.